The number of hydrogen-bond donors (Lipinski definition) is 0. The summed E-state index contributed by atoms with van der Waals surface area (Å²) in [6, 6.07) is 12.9. The SMILES string of the molecule is ClCCCCOCCCc1ccc[n+](CCCCOCCCc2ccc[n+](CCCCOCCCc3cccnc3)c2)c1. The van der Waals surface area contributed by atoms with E-state index in [1.807, 2.05) is 18.5 Å². The minimum absolute atomic E-state index is 0.724. The second kappa shape index (κ2) is 24.0. The molecule has 3 aromatic heterocycles. The summed E-state index contributed by atoms with van der Waals surface area (Å²) < 4.78 is 22.1. The molecule has 0 atom stereocenters. The molecule has 0 bridgehead atoms. The van der Waals surface area contributed by atoms with E-state index < -0.39 is 0 Å². The first-order valence-electron chi connectivity index (χ1n) is 16.5. The lowest BCUT2D eigenvalue weighted by molar-refractivity contribution is -0.697. The summed E-state index contributed by atoms with van der Waals surface area (Å²) in [7, 11) is 0. The van der Waals surface area contributed by atoms with E-state index in [1.54, 1.807) is 0 Å². The van der Waals surface area contributed by atoms with Crippen molar-refractivity contribution in [2.45, 2.75) is 90.1 Å². The van der Waals surface area contributed by atoms with Gasteiger partial charge in [0.1, 0.15) is 13.1 Å². The first kappa shape index (κ1) is 35.1. The highest BCUT2D eigenvalue weighted by atomic mass is 35.5. The summed E-state index contributed by atoms with van der Waals surface area (Å²) >= 11 is 5.70. The highest BCUT2D eigenvalue weighted by Crippen LogP contribution is 2.04. The Morgan fingerprint density at radius 3 is 1.49 bits per heavy atom. The van der Waals surface area contributed by atoms with Crippen molar-refractivity contribution in [1.29, 1.82) is 0 Å². The minimum atomic E-state index is 0.724. The predicted molar refractivity (Wildman–Crippen MR) is 173 cm³/mol. The smallest absolute Gasteiger partial charge is 0.171 e. The van der Waals surface area contributed by atoms with Crippen molar-refractivity contribution in [3.05, 3.63) is 90.3 Å². The second-order valence-electron chi connectivity index (χ2n) is 11.2. The third kappa shape index (κ3) is 17.5. The molecule has 3 aromatic rings. The Morgan fingerprint density at radius 2 is 1.00 bits per heavy atom. The van der Waals surface area contributed by atoms with Crippen molar-refractivity contribution < 1.29 is 23.3 Å². The average Bonchev–Trinajstić information content (AvgIpc) is 3.04. The van der Waals surface area contributed by atoms with Gasteiger partial charge in [0.15, 0.2) is 24.8 Å². The number of nitrogens with zero attached hydrogens (tertiary/aromatic N) is 3. The molecule has 0 aliphatic carbocycles. The maximum Gasteiger partial charge on any atom is 0.171 e. The average molecular weight is 612 g/mol. The van der Waals surface area contributed by atoms with Crippen LogP contribution in [0.15, 0.2) is 73.6 Å². The highest BCUT2D eigenvalue weighted by molar-refractivity contribution is 6.17. The van der Waals surface area contributed by atoms with Crippen LogP contribution in [0.3, 0.4) is 0 Å². The molecule has 43 heavy (non-hydrogen) atoms. The number of aryl methyl sites for hydroxylation is 5. The summed E-state index contributed by atoms with van der Waals surface area (Å²) in [5, 5.41) is 0. The van der Waals surface area contributed by atoms with Crippen LogP contribution in [0, 0.1) is 0 Å². The van der Waals surface area contributed by atoms with Gasteiger partial charge >= 0.3 is 0 Å². The van der Waals surface area contributed by atoms with Crippen LogP contribution in [0.2, 0.25) is 0 Å². The van der Waals surface area contributed by atoms with Gasteiger partial charge in [-0.3, -0.25) is 4.98 Å². The zero-order valence-electron chi connectivity index (χ0n) is 26.2. The summed E-state index contributed by atoms with van der Waals surface area (Å²) in [5.41, 5.74) is 4.04. The number of hydrogen-bond acceptors (Lipinski definition) is 4. The third-order valence-electron chi connectivity index (χ3n) is 7.41. The van der Waals surface area contributed by atoms with E-state index in [0.29, 0.717) is 0 Å². The van der Waals surface area contributed by atoms with Gasteiger partial charge < -0.3 is 14.2 Å². The fraction of sp³-hybridized carbons (Fsp3) is 0.583. The molecule has 0 aromatic carbocycles. The Kier molecular flexibility index (Phi) is 19.6. The second-order valence-corrected chi connectivity index (χ2v) is 11.6. The van der Waals surface area contributed by atoms with E-state index in [0.717, 1.165) is 136 Å². The topological polar surface area (TPSA) is 48.3 Å². The fourth-order valence-corrected chi connectivity index (χ4v) is 5.20. The van der Waals surface area contributed by atoms with Gasteiger partial charge in [0.05, 0.1) is 0 Å². The highest BCUT2D eigenvalue weighted by Gasteiger charge is 2.05. The first-order valence-corrected chi connectivity index (χ1v) is 17.0. The molecule has 0 spiro atoms. The number of halogens is 1. The van der Waals surface area contributed by atoms with Crippen LogP contribution < -0.4 is 9.13 Å². The van der Waals surface area contributed by atoms with Gasteiger partial charge in [-0.15, -0.1) is 11.6 Å². The molecule has 6 nitrogen and oxygen atoms in total. The van der Waals surface area contributed by atoms with Gasteiger partial charge in [-0.2, -0.15) is 0 Å². The van der Waals surface area contributed by atoms with Gasteiger partial charge in [0.2, 0.25) is 0 Å². The molecule has 0 saturated carbocycles. The van der Waals surface area contributed by atoms with E-state index in [-0.39, 0.29) is 0 Å². The number of rotatable bonds is 26. The lowest BCUT2D eigenvalue weighted by Crippen LogP contribution is -2.33. The van der Waals surface area contributed by atoms with Gasteiger partial charge in [0, 0.05) is 94.0 Å². The van der Waals surface area contributed by atoms with Crippen LogP contribution in [-0.4, -0.2) is 50.5 Å². The van der Waals surface area contributed by atoms with Crippen molar-refractivity contribution in [3.63, 3.8) is 0 Å². The van der Waals surface area contributed by atoms with Gasteiger partial charge in [-0.05, 0) is 88.0 Å². The fourth-order valence-electron chi connectivity index (χ4n) is 5.01. The van der Waals surface area contributed by atoms with Crippen LogP contribution in [0.25, 0.3) is 0 Å². The number of aromatic nitrogens is 3. The minimum Gasteiger partial charge on any atom is -0.381 e. The Labute approximate surface area is 265 Å². The van der Waals surface area contributed by atoms with Crippen molar-refractivity contribution in [1.82, 2.24) is 4.98 Å². The molecule has 7 heteroatoms. The monoisotopic (exact) mass is 611 g/mol. The molecule has 236 valence electrons. The molecule has 0 unspecified atom stereocenters. The standard InChI is InChI=1S/C36H54ClN3O3/c37-19-1-4-25-41-29-11-17-35-14-8-23-40(32-35)22-3-6-27-43-30-12-18-36-15-9-24-39(33-36)21-2-5-26-42-28-10-16-34-13-7-20-38-31-34/h7-9,13-15,20,23-24,31-33H,1-6,10-12,16-19,21-22,25-30H2/q+2. The number of unbranched alkanes of at least 4 members (excludes halogenated alkanes) is 3. The molecule has 0 fully saturated rings. The molecular formula is C36H54ClN3O3+2. The van der Waals surface area contributed by atoms with Crippen molar-refractivity contribution >= 4 is 11.6 Å². The summed E-state index contributed by atoms with van der Waals surface area (Å²) in [4.78, 5) is 4.16. The van der Waals surface area contributed by atoms with E-state index in [4.69, 9.17) is 25.8 Å². The van der Waals surface area contributed by atoms with Crippen molar-refractivity contribution in [3.8, 4) is 0 Å². The lowest BCUT2D eigenvalue weighted by atomic mass is 10.1. The van der Waals surface area contributed by atoms with Gasteiger partial charge in [-0.25, -0.2) is 9.13 Å². The van der Waals surface area contributed by atoms with Crippen LogP contribution >= 0.6 is 11.6 Å². The van der Waals surface area contributed by atoms with E-state index in [2.05, 4.69) is 69.2 Å². The zero-order valence-corrected chi connectivity index (χ0v) is 27.0. The Bertz CT molecular complexity index is 1090. The molecule has 0 saturated heterocycles. The van der Waals surface area contributed by atoms with Crippen LogP contribution in [0.4, 0.5) is 0 Å². The molecule has 0 aliphatic rings. The number of ether oxygens (including phenoxy) is 3. The van der Waals surface area contributed by atoms with Gasteiger partial charge in [0.25, 0.3) is 0 Å². The molecule has 3 rings (SSSR count). The van der Waals surface area contributed by atoms with E-state index in [1.165, 1.54) is 16.7 Å². The maximum atomic E-state index is 5.94. The summed E-state index contributed by atoms with van der Waals surface area (Å²) in [6.07, 6.45) is 25.5. The largest absolute Gasteiger partial charge is 0.381 e. The molecule has 3 heterocycles. The summed E-state index contributed by atoms with van der Waals surface area (Å²) in [6.45, 7) is 7.03. The zero-order chi connectivity index (χ0) is 30.0. The van der Waals surface area contributed by atoms with Crippen LogP contribution in [0.1, 0.15) is 74.5 Å². The molecule has 0 N–H and O–H groups in total. The van der Waals surface area contributed by atoms with Crippen LogP contribution in [0.5, 0.6) is 0 Å². The first-order chi connectivity index (χ1) is 21.3. The summed E-state index contributed by atoms with van der Waals surface area (Å²) in [5.74, 6) is 0.724. The lowest BCUT2D eigenvalue weighted by Gasteiger charge is -2.05. The maximum absolute atomic E-state index is 5.94. The van der Waals surface area contributed by atoms with E-state index >= 15 is 0 Å². The van der Waals surface area contributed by atoms with Gasteiger partial charge in [-0.1, -0.05) is 6.07 Å². The Morgan fingerprint density at radius 1 is 0.535 bits per heavy atom. The van der Waals surface area contributed by atoms with Crippen molar-refractivity contribution in [2.75, 3.05) is 45.5 Å². The molecular weight excluding hydrogens is 558 g/mol. The van der Waals surface area contributed by atoms with E-state index in [9.17, 15) is 0 Å². The predicted octanol–water partition coefficient (Wildman–Crippen LogP) is 6.48. The van der Waals surface area contributed by atoms with Crippen LogP contribution in [-0.2, 0) is 46.6 Å². The van der Waals surface area contributed by atoms with Crippen molar-refractivity contribution in [2.24, 2.45) is 0 Å². The number of alkyl halides is 1. The Hall–Kier alpha value is -2.38. The quantitative estimate of drug-likeness (QED) is 0.0592. The Balaban J connectivity index is 1.14. The number of pyridine rings is 3. The third-order valence-corrected chi connectivity index (χ3v) is 7.67. The normalized spacial score (nSPS) is 11.3. The molecule has 0 radical (unpaired) electrons. The molecule has 0 aliphatic heterocycles. The molecule has 0 amide bonds.